The van der Waals surface area contributed by atoms with Crippen LogP contribution in [0.5, 0.6) is 0 Å². The van der Waals surface area contributed by atoms with Gasteiger partial charge in [0.05, 0.1) is 0 Å². The molecule has 0 amide bonds. The van der Waals surface area contributed by atoms with Crippen molar-refractivity contribution in [3.8, 4) is 0 Å². The van der Waals surface area contributed by atoms with E-state index >= 15 is 4.57 Å². The monoisotopic (exact) mass is 456 g/mol. The molecule has 0 aromatic heterocycles. The Bertz CT molecular complexity index is 1220. The number of rotatable bonds is 7. The summed E-state index contributed by atoms with van der Waals surface area (Å²) in [5.74, 6) is 0.365. The molecule has 1 atom stereocenters. The zero-order valence-corrected chi connectivity index (χ0v) is 20.5. The third-order valence-corrected chi connectivity index (χ3v) is 9.85. The van der Waals surface area contributed by atoms with E-state index in [2.05, 4.69) is 72.4 Å². The zero-order chi connectivity index (χ0) is 22.8. The summed E-state index contributed by atoms with van der Waals surface area (Å²) in [7, 11) is -3.16. The second-order valence-corrected chi connectivity index (χ2v) is 12.0. The minimum atomic E-state index is -3.16. The van der Waals surface area contributed by atoms with Crippen molar-refractivity contribution in [2.24, 2.45) is 5.92 Å². The van der Waals surface area contributed by atoms with Crippen LogP contribution in [0, 0.1) is 5.92 Å². The highest BCUT2D eigenvalue weighted by Crippen LogP contribution is 2.44. The van der Waals surface area contributed by atoms with E-state index in [1.807, 2.05) is 36.4 Å². The van der Waals surface area contributed by atoms with Crippen molar-refractivity contribution in [2.45, 2.75) is 32.7 Å². The smallest absolute Gasteiger partial charge is 0.206 e. The Morgan fingerprint density at radius 3 is 1.76 bits per heavy atom. The van der Waals surface area contributed by atoms with Crippen LogP contribution in [0.2, 0.25) is 0 Å². The standard InChI is InChI=1S/C29H33N2OP/c1-22(2)27(21-31-19-7-8-20-31)30-33(32,28-17-9-13-23-11-3-5-15-25(23)28)29-18-10-14-24-12-4-6-16-26(24)29/h3-6,9-18,22,27H,7-8,19-21H2,1-2H3,(H,30,32). The molecule has 5 rings (SSSR count). The molecule has 1 heterocycles. The topological polar surface area (TPSA) is 32.3 Å². The van der Waals surface area contributed by atoms with Crippen LogP contribution in [0.25, 0.3) is 21.5 Å². The van der Waals surface area contributed by atoms with Gasteiger partial charge in [0.15, 0.2) is 0 Å². The van der Waals surface area contributed by atoms with Gasteiger partial charge in [-0.2, -0.15) is 0 Å². The van der Waals surface area contributed by atoms with Gasteiger partial charge in [-0.1, -0.05) is 86.6 Å². The van der Waals surface area contributed by atoms with Gasteiger partial charge in [-0.25, -0.2) is 0 Å². The van der Waals surface area contributed by atoms with Crippen molar-refractivity contribution >= 4 is 39.4 Å². The normalized spacial score (nSPS) is 16.1. The SMILES string of the molecule is CC(C)C(CN1CCCC1)NP(=O)(c1cccc2ccccc12)c1cccc2ccccc12. The molecule has 0 bridgehead atoms. The largest absolute Gasteiger partial charge is 0.302 e. The molecule has 4 heteroatoms. The van der Waals surface area contributed by atoms with E-state index in [0.29, 0.717) is 5.92 Å². The van der Waals surface area contributed by atoms with Crippen LogP contribution < -0.4 is 15.7 Å². The van der Waals surface area contributed by atoms with Crippen molar-refractivity contribution in [1.82, 2.24) is 9.99 Å². The summed E-state index contributed by atoms with van der Waals surface area (Å²) in [5, 5.41) is 9.97. The summed E-state index contributed by atoms with van der Waals surface area (Å²) in [5.41, 5.74) is 0. The molecule has 0 spiro atoms. The first-order chi connectivity index (χ1) is 16.1. The maximum absolute atomic E-state index is 15.4. The molecule has 0 saturated carbocycles. The van der Waals surface area contributed by atoms with Crippen molar-refractivity contribution < 1.29 is 4.57 Å². The van der Waals surface area contributed by atoms with Crippen molar-refractivity contribution in [2.75, 3.05) is 19.6 Å². The summed E-state index contributed by atoms with van der Waals surface area (Å²) >= 11 is 0. The third-order valence-electron chi connectivity index (χ3n) is 7.02. The molecule has 33 heavy (non-hydrogen) atoms. The van der Waals surface area contributed by atoms with Crippen LogP contribution in [-0.2, 0) is 4.57 Å². The first kappa shape index (κ1) is 22.3. The maximum atomic E-state index is 15.4. The van der Waals surface area contributed by atoms with E-state index in [9.17, 15) is 0 Å². The molecule has 1 aliphatic heterocycles. The van der Waals surface area contributed by atoms with Gasteiger partial charge in [0.25, 0.3) is 0 Å². The van der Waals surface area contributed by atoms with Crippen LogP contribution in [0.4, 0.5) is 0 Å². The predicted octanol–water partition coefficient (Wildman–Crippen LogP) is 5.93. The van der Waals surface area contributed by atoms with Crippen molar-refractivity contribution in [3.05, 3.63) is 84.9 Å². The number of likely N-dealkylation sites (tertiary alicyclic amines) is 1. The summed E-state index contributed by atoms with van der Waals surface area (Å²) in [6.45, 7) is 7.68. The summed E-state index contributed by atoms with van der Waals surface area (Å²) in [4.78, 5) is 2.52. The zero-order valence-electron chi connectivity index (χ0n) is 19.6. The molecule has 0 aliphatic carbocycles. The molecule has 4 aromatic carbocycles. The Hall–Kier alpha value is -2.45. The summed E-state index contributed by atoms with van der Waals surface area (Å²) < 4.78 is 15.4. The molecule has 1 N–H and O–H groups in total. The maximum Gasteiger partial charge on any atom is 0.206 e. The van der Waals surface area contributed by atoms with Gasteiger partial charge < -0.3 is 4.90 Å². The van der Waals surface area contributed by atoms with Gasteiger partial charge >= 0.3 is 0 Å². The Labute approximate surface area is 197 Å². The first-order valence-corrected chi connectivity index (χ1v) is 13.8. The van der Waals surface area contributed by atoms with E-state index in [0.717, 1.165) is 51.8 Å². The molecule has 0 radical (unpaired) electrons. The van der Waals surface area contributed by atoms with Gasteiger partial charge in [0, 0.05) is 23.2 Å². The van der Waals surface area contributed by atoms with Gasteiger partial charge in [0.2, 0.25) is 7.29 Å². The molecule has 170 valence electrons. The number of fused-ring (bicyclic) bond motifs is 2. The van der Waals surface area contributed by atoms with Crippen LogP contribution in [0.1, 0.15) is 26.7 Å². The van der Waals surface area contributed by atoms with Gasteiger partial charge in [-0.05, 0) is 65.5 Å². The summed E-state index contributed by atoms with van der Waals surface area (Å²) in [6, 6.07) is 29.2. The number of hydrogen-bond donors (Lipinski definition) is 1. The Morgan fingerprint density at radius 2 is 1.24 bits per heavy atom. The minimum absolute atomic E-state index is 0.131. The third kappa shape index (κ3) is 4.38. The molecule has 1 unspecified atom stereocenters. The number of nitrogens with one attached hydrogen (secondary N) is 1. The molecule has 3 nitrogen and oxygen atoms in total. The van der Waals surface area contributed by atoms with Gasteiger partial charge in [0.1, 0.15) is 0 Å². The Kier molecular flexibility index (Phi) is 6.38. The highest BCUT2D eigenvalue weighted by molar-refractivity contribution is 7.77. The molecule has 1 aliphatic rings. The first-order valence-electron chi connectivity index (χ1n) is 12.1. The lowest BCUT2D eigenvalue weighted by Gasteiger charge is -2.33. The highest BCUT2D eigenvalue weighted by atomic mass is 31.2. The second-order valence-electron chi connectivity index (χ2n) is 9.59. The van der Waals surface area contributed by atoms with E-state index in [1.54, 1.807) is 0 Å². The van der Waals surface area contributed by atoms with Crippen molar-refractivity contribution in [1.29, 1.82) is 0 Å². The Balaban J connectivity index is 1.70. The quantitative estimate of drug-likeness (QED) is 0.350. The second kappa shape index (κ2) is 9.43. The van der Waals surface area contributed by atoms with Crippen molar-refractivity contribution in [3.63, 3.8) is 0 Å². The lowest BCUT2D eigenvalue weighted by atomic mass is 10.1. The van der Waals surface area contributed by atoms with Crippen LogP contribution in [0.15, 0.2) is 84.9 Å². The molecular formula is C29H33N2OP. The fourth-order valence-electron chi connectivity index (χ4n) is 5.11. The van der Waals surface area contributed by atoms with Gasteiger partial charge in [-0.15, -0.1) is 0 Å². The van der Waals surface area contributed by atoms with Crippen LogP contribution >= 0.6 is 7.29 Å². The molecule has 4 aromatic rings. The molecular weight excluding hydrogens is 423 g/mol. The predicted molar refractivity (Wildman–Crippen MR) is 142 cm³/mol. The minimum Gasteiger partial charge on any atom is -0.302 e. The number of benzene rings is 4. The average molecular weight is 457 g/mol. The average Bonchev–Trinajstić information content (AvgIpc) is 3.36. The van der Waals surface area contributed by atoms with E-state index in [-0.39, 0.29) is 6.04 Å². The number of hydrogen-bond acceptors (Lipinski definition) is 2. The fourth-order valence-corrected chi connectivity index (χ4v) is 8.17. The number of nitrogens with zero attached hydrogens (tertiary/aromatic N) is 1. The van der Waals surface area contributed by atoms with Crippen LogP contribution in [-0.4, -0.2) is 30.6 Å². The highest BCUT2D eigenvalue weighted by Gasteiger charge is 2.35. The lowest BCUT2D eigenvalue weighted by molar-refractivity contribution is 0.274. The van der Waals surface area contributed by atoms with E-state index in [1.165, 1.54) is 12.8 Å². The molecule has 1 fully saturated rings. The van der Waals surface area contributed by atoms with Gasteiger partial charge in [-0.3, -0.25) is 9.65 Å². The summed E-state index contributed by atoms with van der Waals surface area (Å²) in [6.07, 6.45) is 2.52. The van der Waals surface area contributed by atoms with E-state index in [4.69, 9.17) is 0 Å². The molecule has 1 saturated heterocycles. The Morgan fingerprint density at radius 1 is 0.758 bits per heavy atom. The van der Waals surface area contributed by atoms with E-state index < -0.39 is 7.29 Å². The fraction of sp³-hybridized carbons (Fsp3) is 0.310. The lowest BCUT2D eigenvalue weighted by Crippen LogP contribution is -2.45. The van der Waals surface area contributed by atoms with Crippen LogP contribution in [0.3, 0.4) is 0 Å².